The van der Waals surface area contributed by atoms with E-state index in [-0.39, 0.29) is 5.91 Å². The van der Waals surface area contributed by atoms with Gasteiger partial charge in [0.25, 0.3) is 0 Å². The van der Waals surface area contributed by atoms with Gasteiger partial charge in [-0.25, -0.2) is 0 Å². The molecule has 0 heterocycles. The smallest absolute Gasteiger partial charge is 0.228 e. The van der Waals surface area contributed by atoms with Crippen LogP contribution in [0.2, 0.25) is 0 Å². The summed E-state index contributed by atoms with van der Waals surface area (Å²) in [6.45, 7) is 4.09. The summed E-state index contributed by atoms with van der Waals surface area (Å²) in [6, 6.07) is 14.3. The van der Waals surface area contributed by atoms with Crippen LogP contribution < -0.4 is 5.32 Å². The summed E-state index contributed by atoms with van der Waals surface area (Å²) in [5, 5.41) is 2.96. The fraction of sp³-hybridized carbons (Fsp3) is 0.278. The molecular weight excluding hydrogens is 278 g/mol. The number of anilines is 1. The standard InChI is InChI=1S/C18H21NOS/c1-13-4-5-14(2)16(10-13)11-18(20)19-17-8-6-15(7-9-17)12-21-3/h4-10H,11-12H2,1-3H3,(H,19,20). The zero-order valence-corrected chi connectivity index (χ0v) is 13.6. The van der Waals surface area contributed by atoms with Crippen LogP contribution in [0.4, 0.5) is 5.69 Å². The lowest BCUT2D eigenvalue weighted by molar-refractivity contribution is -0.115. The van der Waals surface area contributed by atoms with E-state index >= 15 is 0 Å². The van der Waals surface area contributed by atoms with Crippen molar-refractivity contribution in [3.63, 3.8) is 0 Å². The molecule has 21 heavy (non-hydrogen) atoms. The van der Waals surface area contributed by atoms with E-state index in [9.17, 15) is 4.79 Å². The van der Waals surface area contributed by atoms with Gasteiger partial charge in [0.1, 0.15) is 0 Å². The zero-order valence-electron chi connectivity index (χ0n) is 12.8. The Labute approximate surface area is 131 Å². The lowest BCUT2D eigenvalue weighted by atomic mass is 10.0. The van der Waals surface area contributed by atoms with Crippen LogP contribution in [0, 0.1) is 13.8 Å². The summed E-state index contributed by atoms with van der Waals surface area (Å²) in [5.74, 6) is 1.03. The average Bonchev–Trinajstić information content (AvgIpc) is 2.45. The second-order valence-electron chi connectivity index (χ2n) is 5.28. The summed E-state index contributed by atoms with van der Waals surface area (Å²) in [7, 11) is 0. The maximum absolute atomic E-state index is 12.1. The van der Waals surface area contributed by atoms with Gasteiger partial charge in [0.2, 0.25) is 5.91 Å². The molecule has 1 N–H and O–H groups in total. The van der Waals surface area contributed by atoms with Gasteiger partial charge in [-0.2, -0.15) is 11.8 Å². The SMILES string of the molecule is CSCc1ccc(NC(=O)Cc2cc(C)ccc2C)cc1. The van der Waals surface area contributed by atoms with Crippen molar-refractivity contribution in [3.8, 4) is 0 Å². The predicted molar refractivity (Wildman–Crippen MR) is 91.9 cm³/mol. The van der Waals surface area contributed by atoms with Gasteiger partial charge >= 0.3 is 0 Å². The van der Waals surface area contributed by atoms with E-state index in [1.165, 1.54) is 11.1 Å². The molecular formula is C18H21NOS. The molecule has 0 aliphatic carbocycles. The number of hydrogen-bond acceptors (Lipinski definition) is 2. The first-order valence-electron chi connectivity index (χ1n) is 7.02. The van der Waals surface area contributed by atoms with Crippen LogP contribution in [0.15, 0.2) is 42.5 Å². The highest BCUT2D eigenvalue weighted by atomic mass is 32.2. The van der Waals surface area contributed by atoms with Crippen LogP contribution >= 0.6 is 11.8 Å². The molecule has 0 bridgehead atoms. The molecule has 0 aromatic heterocycles. The van der Waals surface area contributed by atoms with Crippen molar-refractivity contribution in [1.82, 2.24) is 0 Å². The molecule has 2 rings (SSSR count). The number of thioether (sulfide) groups is 1. The number of nitrogens with one attached hydrogen (secondary N) is 1. The predicted octanol–water partition coefficient (Wildman–Crippen LogP) is 4.35. The molecule has 0 radical (unpaired) electrons. The number of amides is 1. The van der Waals surface area contributed by atoms with Crippen molar-refractivity contribution in [2.75, 3.05) is 11.6 Å². The number of rotatable bonds is 5. The van der Waals surface area contributed by atoms with Crippen molar-refractivity contribution in [3.05, 3.63) is 64.7 Å². The molecule has 0 aliphatic heterocycles. The third kappa shape index (κ3) is 4.64. The van der Waals surface area contributed by atoms with Crippen molar-refractivity contribution in [2.45, 2.75) is 26.0 Å². The highest BCUT2D eigenvalue weighted by molar-refractivity contribution is 7.97. The molecule has 0 unspecified atom stereocenters. The summed E-state index contributed by atoms with van der Waals surface area (Å²) in [6.07, 6.45) is 2.50. The molecule has 0 aliphatic rings. The summed E-state index contributed by atoms with van der Waals surface area (Å²) < 4.78 is 0. The Morgan fingerprint density at radius 1 is 1.10 bits per heavy atom. The average molecular weight is 299 g/mol. The quantitative estimate of drug-likeness (QED) is 0.889. The molecule has 0 spiro atoms. The molecule has 2 nitrogen and oxygen atoms in total. The van der Waals surface area contributed by atoms with E-state index < -0.39 is 0 Å². The lowest BCUT2D eigenvalue weighted by Crippen LogP contribution is -2.15. The van der Waals surface area contributed by atoms with E-state index in [0.717, 1.165) is 22.6 Å². The van der Waals surface area contributed by atoms with Crippen LogP contribution in [-0.4, -0.2) is 12.2 Å². The van der Waals surface area contributed by atoms with E-state index in [4.69, 9.17) is 0 Å². The second-order valence-corrected chi connectivity index (χ2v) is 6.15. The third-order valence-corrected chi connectivity index (χ3v) is 4.03. The van der Waals surface area contributed by atoms with Crippen LogP contribution in [-0.2, 0) is 17.0 Å². The van der Waals surface area contributed by atoms with Gasteiger partial charge in [0.15, 0.2) is 0 Å². The van der Waals surface area contributed by atoms with Crippen molar-refractivity contribution < 1.29 is 4.79 Å². The molecule has 3 heteroatoms. The van der Waals surface area contributed by atoms with Crippen molar-refractivity contribution in [2.24, 2.45) is 0 Å². The number of hydrogen-bond donors (Lipinski definition) is 1. The summed E-state index contributed by atoms with van der Waals surface area (Å²) in [5.41, 5.74) is 5.56. The molecule has 0 saturated carbocycles. The number of carbonyl (C=O) groups is 1. The monoisotopic (exact) mass is 299 g/mol. The molecule has 0 saturated heterocycles. The minimum Gasteiger partial charge on any atom is -0.326 e. The van der Waals surface area contributed by atoms with E-state index in [1.54, 1.807) is 11.8 Å². The van der Waals surface area contributed by atoms with Gasteiger partial charge in [-0.15, -0.1) is 0 Å². The second kappa shape index (κ2) is 7.32. The van der Waals surface area contributed by atoms with Gasteiger partial charge in [-0.1, -0.05) is 35.9 Å². The minimum absolute atomic E-state index is 0.0290. The number of carbonyl (C=O) groups excluding carboxylic acids is 1. The van der Waals surface area contributed by atoms with Gasteiger partial charge < -0.3 is 5.32 Å². The first kappa shape index (κ1) is 15.6. The van der Waals surface area contributed by atoms with Gasteiger partial charge in [-0.05, 0) is 48.9 Å². The lowest BCUT2D eigenvalue weighted by Gasteiger charge is -2.09. The zero-order chi connectivity index (χ0) is 15.2. The Hall–Kier alpha value is -1.74. The molecule has 0 fully saturated rings. The number of benzene rings is 2. The molecule has 2 aromatic carbocycles. The largest absolute Gasteiger partial charge is 0.326 e. The Morgan fingerprint density at radius 3 is 2.48 bits per heavy atom. The molecule has 110 valence electrons. The van der Waals surface area contributed by atoms with E-state index in [1.807, 2.05) is 26.0 Å². The van der Waals surface area contributed by atoms with E-state index in [0.29, 0.717) is 6.42 Å². The summed E-state index contributed by atoms with van der Waals surface area (Å²) >= 11 is 1.79. The van der Waals surface area contributed by atoms with Crippen LogP contribution in [0.25, 0.3) is 0 Å². The Balaban J connectivity index is 1.99. The highest BCUT2D eigenvalue weighted by Crippen LogP contribution is 2.15. The maximum atomic E-state index is 12.1. The highest BCUT2D eigenvalue weighted by Gasteiger charge is 2.07. The van der Waals surface area contributed by atoms with Crippen molar-refractivity contribution >= 4 is 23.4 Å². The fourth-order valence-corrected chi connectivity index (χ4v) is 2.75. The van der Waals surface area contributed by atoms with Gasteiger partial charge in [0, 0.05) is 11.4 Å². The Kier molecular flexibility index (Phi) is 5.45. The normalized spacial score (nSPS) is 10.4. The molecule has 0 atom stereocenters. The Bertz CT molecular complexity index is 620. The maximum Gasteiger partial charge on any atom is 0.228 e. The molecule has 2 aromatic rings. The van der Waals surface area contributed by atoms with Crippen LogP contribution in [0.3, 0.4) is 0 Å². The van der Waals surface area contributed by atoms with E-state index in [2.05, 4.69) is 41.9 Å². The molecule has 1 amide bonds. The third-order valence-electron chi connectivity index (χ3n) is 3.40. The summed E-state index contributed by atoms with van der Waals surface area (Å²) in [4.78, 5) is 12.1. The van der Waals surface area contributed by atoms with Gasteiger partial charge in [-0.3, -0.25) is 4.79 Å². The fourth-order valence-electron chi connectivity index (χ4n) is 2.22. The van der Waals surface area contributed by atoms with Gasteiger partial charge in [0.05, 0.1) is 6.42 Å². The first-order valence-corrected chi connectivity index (χ1v) is 8.41. The number of aryl methyl sites for hydroxylation is 2. The van der Waals surface area contributed by atoms with Crippen LogP contribution in [0.5, 0.6) is 0 Å². The van der Waals surface area contributed by atoms with Crippen LogP contribution in [0.1, 0.15) is 22.3 Å². The first-order chi connectivity index (χ1) is 10.1. The Morgan fingerprint density at radius 2 is 1.81 bits per heavy atom. The minimum atomic E-state index is 0.0290. The van der Waals surface area contributed by atoms with Crippen molar-refractivity contribution in [1.29, 1.82) is 0 Å². The topological polar surface area (TPSA) is 29.1 Å².